The normalized spacial score (nSPS) is 12.1. The van der Waals surface area contributed by atoms with Gasteiger partial charge in [0.15, 0.2) is 0 Å². The molecule has 0 heterocycles. The lowest BCUT2D eigenvalue weighted by Gasteiger charge is -2.18. The molecule has 1 atom stereocenters. The molecule has 0 saturated carbocycles. The number of aliphatic carboxylic acids is 1. The van der Waals surface area contributed by atoms with Gasteiger partial charge in [0, 0.05) is 25.1 Å². The minimum absolute atomic E-state index is 0.0437. The summed E-state index contributed by atoms with van der Waals surface area (Å²) in [5, 5.41) is 12.1. The van der Waals surface area contributed by atoms with Crippen molar-refractivity contribution >= 4 is 5.97 Å². The molecular weight excluding hydrogens is 300 g/mol. The van der Waals surface area contributed by atoms with Gasteiger partial charge in [-0.15, -0.1) is 0 Å². The Bertz CT molecular complexity index is 626. The van der Waals surface area contributed by atoms with E-state index in [9.17, 15) is 13.6 Å². The van der Waals surface area contributed by atoms with Gasteiger partial charge in [-0.3, -0.25) is 4.79 Å². The molecule has 0 spiro atoms. The molecular formula is C18H19F2NO2. The third-order valence-corrected chi connectivity index (χ3v) is 3.55. The minimum atomic E-state index is -0.860. The Hall–Kier alpha value is -2.27. The van der Waals surface area contributed by atoms with Crippen LogP contribution in [0.2, 0.25) is 0 Å². The lowest BCUT2D eigenvalue weighted by molar-refractivity contribution is -0.137. The second kappa shape index (κ2) is 8.39. The molecule has 0 aliphatic heterocycles. The molecule has 23 heavy (non-hydrogen) atoms. The Labute approximate surface area is 134 Å². The van der Waals surface area contributed by atoms with Crippen LogP contribution >= 0.6 is 0 Å². The molecule has 1 unspecified atom stereocenters. The van der Waals surface area contributed by atoms with E-state index in [0.29, 0.717) is 18.4 Å². The summed E-state index contributed by atoms with van der Waals surface area (Å²) in [6.45, 7) is 0.284. The van der Waals surface area contributed by atoms with Crippen LogP contribution in [0.4, 0.5) is 8.78 Å². The number of rotatable bonds is 8. The lowest BCUT2D eigenvalue weighted by atomic mass is 10.0. The van der Waals surface area contributed by atoms with Crippen molar-refractivity contribution < 1.29 is 18.7 Å². The molecule has 2 N–H and O–H groups in total. The number of hydrogen-bond donors (Lipinski definition) is 2. The van der Waals surface area contributed by atoms with Gasteiger partial charge in [0.25, 0.3) is 0 Å². The number of carboxylic acids is 1. The van der Waals surface area contributed by atoms with Crippen LogP contribution in [0.25, 0.3) is 0 Å². The lowest BCUT2D eigenvalue weighted by Crippen LogP contribution is -2.31. The van der Waals surface area contributed by atoms with Crippen LogP contribution in [0, 0.1) is 11.6 Å². The number of carbonyl (C=O) groups is 1. The quantitative estimate of drug-likeness (QED) is 0.782. The summed E-state index contributed by atoms with van der Waals surface area (Å²) in [7, 11) is 0. The van der Waals surface area contributed by atoms with Gasteiger partial charge in [0.05, 0.1) is 0 Å². The molecule has 0 radical (unpaired) electrons. The highest BCUT2D eigenvalue weighted by atomic mass is 19.1. The fourth-order valence-electron chi connectivity index (χ4n) is 2.45. The van der Waals surface area contributed by atoms with E-state index in [1.54, 1.807) is 0 Å². The minimum Gasteiger partial charge on any atom is -0.481 e. The topological polar surface area (TPSA) is 49.3 Å². The molecule has 0 amide bonds. The molecule has 0 fully saturated rings. The fourth-order valence-corrected chi connectivity index (χ4v) is 2.45. The Balaban J connectivity index is 1.99. The third-order valence-electron chi connectivity index (χ3n) is 3.55. The predicted molar refractivity (Wildman–Crippen MR) is 84.0 cm³/mol. The highest BCUT2D eigenvalue weighted by molar-refractivity contribution is 5.66. The summed E-state index contributed by atoms with van der Waals surface area (Å²) in [6.07, 6.45) is 1.15. The van der Waals surface area contributed by atoms with Crippen molar-refractivity contribution in [2.24, 2.45) is 0 Å². The van der Waals surface area contributed by atoms with Crippen molar-refractivity contribution in [2.75, 3.05) is 0 Å². The number of benzene rings is 2. The standard InChI is InChI=1S/C18H19F2NO2/c19-15-8-14(9-16(20)11-15)12-21-17(6-7-18(22)23)10-13-4-2-1-3-5-13/h1-5,8-9,11,17,21H,6-7,10,12H2,(H,22,23). The third kappa shape index (κ3) is 6.16. The Morgan fingerprint density at radius 2 is 1.70 bits per heavy atom. The average Bonchev–Trinajstić information content (AvgIpc) is 2.50. The second-order valence-corrected chi connectivity index (χ2v) is 5.48. The molecule has 3 nitrogen and oxygen atoms in total. The molecule has 5 heteroatoms. The SMILES string of the molecule is O=C(O)CCC(Cc1ccccc1)NCc1cc(F)cc(F)c1. The first-order valence-corrected chi connectivity index (χ1v) is 7.47. The Kier molecular flexibility index (Phi) is 6.23. The van der Waals surface area contributed by atoms with Gasteiger partial charge in [-0.05, 0) is 36.1 Å². The zero-order valence-corrected chi connectivity index (χ0v) is 12.6. The summed E-state index contributed by atoms with van der Waals surface area (Å²) in [5.41, 5.74) is 1.58. The van der Waals surface area contributed by atoms with Gasteiger partial charge >= 0.3 is 5.97 Å². The molecule has 0 aliphatic carbocycles. The van der Waals surface area contributed by atoms with Gasteiger partial charge < -0.3 is 10.4 Å². The molecule has 122 valence electrons. The van der Waals surface area contributed by atoms with Crippen molar-refractivity contribution in [1.29, 1.82) is 0 Å². The van der Waals surface area contributed by atoms with E-state index in [4.69, 9.17) is 5.11 Å². The summed E-state index contributed by atoms with van der Waals surface area (Å²) in [6, 6.07) is 13.0. The van der Waals surface area contributed by atoms with Crippen LogP contribution in [-0.4, -0.2) is 17.1 Å². The molecule has 2 aromatic carbocycles. The van der Waals surface area contributed by atoms with Crippen molar-refractivity contribution in [2.45, 2.75) is 31.8 Å². The van der Waals surface area contributed by atoms with Crippen molar-refractivity contribution in [3.8, 4) is 0 Å². The summed E-state index contributed by atoms with van der Waals surface area (Å²) in [5.74, 6) is -2.10. The highest BCUT2D eigenvalue weighted by Crippen LogP contribution is 2.11. The summed E-state index contributed by atoms with van der Waals surface area (Å²) >= 11 is 0. The molecule has 0 aliphatic rings. The zero-order valence-electron chi connectivity index (χ0n) is 12.6. The van der Waals surface area contributed by atoms with Crippen LogP contribution in [0.5, 0.6) is 0 Å². The number of carboxylic acid groups (broad SMARTS) is 1. The number of halogens is 2. The zero-order chi connectivity index (χ0) is 16.7. The first-order chi connectivity index (χ1) is 11.0. The van der Waals surface area contributed by atoms with Crippen molar-refractivity contribution in [3.05, 3.63) is 71.3 Å². The molecule has 0 aromatic heterocycles. The van der Waals surface area contributed by atoms with Crippen LogP contribution in [0.15, 0.2) is 48.5 Å². The first-order valence-electron chi connectivity index (χ1n) is 7.47. The van der Waals surface area contributed by atoms with Crippen molar-refractivity contribution in [1.82, 2.24) is 5.32 Å². The Morgan fingerprint density at radius 3 is 2.30 bits per heavy atom. The molecule has 2 rings (SSSR count). The summed E-state index contributed by atoms with van der Waals surface area (Å²) in [4.78, 5) is 10.8. The van der Waals surface area contributed by atoms with Crippen LogP contribution < -0.4 is 5.32 Å². The van der Waals surface area contributed by atoms with E-state index in [0.717, 1.165) is 11.6 Å². The molecule has 0 saturated heterocycles. The summed E-state index contributed by atoms with van der Waals surface area (Å²) < 4.78 is 26.4. The van der Waals surface area contributed by atoms with Gasteiger partial charge in [0.1, 0.15) is 11.6 Å². The average molecular weight is 319 g/mol. The van der Waals surface area contributed by atoms with Gasteiger partial charge in [-0.25, -0.2) is 8.78 Å². The van der Waals surface area contributed by atoms with Crippen LogP contribution in [0.1, 0.15) is 24.0 Å². The van der Waals surface area contributed by atoms with E-state index >= 15 is 0 Å². The largest absolute Gasteiger partial charge is 0.481 e. The van der Waals surface area contributed by atoms with Gasteiger partial charge in [-0.2, -0.15) is 0 Å². The van der Waals surface area contributed by atoms with E-state index < -0.39 is 17.6 Å². The first kappa shape index (κ1) is 17.1. The maximum atomic E-state index is 13.2. The van der Waals surface area contributed by atoms with Crippen LogP contribution in [0.3, 0.4) is 0 Å². The monoisotopic (exact) mass is 319 g/mol. The van der Waals surface area contributed by atoms with E-state index in [1.807, 2.05) is 30.3 Å². The fraction of sp³-hybridized carbons (Fsp3) is 0.278. The van der Waals surface area contributed by atoms with Crippen LogP contribution in [-0.2, 0) is 17.8 Å². The maximum Gasteiger partial charge on any atom is 0.303 e. The number of hydrogen-bond acceptors (Lipinski definition) is 2. The van der Waals surface area contributed by atoms with Gasteiger partial charge in [-0.1, -0.05) is 30.3 Å². The smallest absolute Gasteiger partial charge is 0.303 e. The predicted octanol–water partition coefficient (Wildman–Crippen LogP) is 3.53. The molecule has 2 aromatic rings. The highest BCUT2D eigenvalue weighted by Gasteiger charge is 2.12. The maximum absolute atomic E-state index is 13.2. The molecule has 0 bridgehead atoms. The van der Waals surface area contributed by atoms with E-state index in [1.165, 1.54) is 12.1 Å². The van der Waals surface area contributed by atoms with E-state index in [-0.39, 0.29) is 19.0 Å². The van der Waals surface area contributed by atoms with Crippen molar-refractivity contribution in [3.63, 3.8) is 0 Å². The number of nitrogens with one attached hydrogen (secondary N) is 1. The van der Waals surface area contributed by atoms with E-state index in [2.05, 4.69) is 5.32 Å². The Morgan fingerprint density at radius 1 is 1.04 bits per heavy atom. The second-order valence-electron chi connectivity index (χ2n) is 5.48. The van der Waals surface area contributed by atoms with Gasteiger partial charge in [0.2, 0.25) is 0 Å².